The number of pyridine rings is 1. The first-order valence-electron chi connectivity index (χ1n) is 6.47. The summed E-state index contributed by atoms with van der Waals surface area (Å²) in [6.45, 7) is 2.24. The van der Waals surface area contributed by atoms with Crippen LogP contribution >= 0.6 is 27.3 Å². The van der Waals surface area contributed by atoms with Gasteiger partial charge in [0.1, 0.15) is 10.9 Å². The minimum absolute atomic E-state index is 0.160. The van der Waals surface area contributed by atoms with Gasteiger partial charge in [0.2, 0.25) is 0 Å². The van der Waals surface area contributed by atoms with E-state index in [0.29, 0.717) is 6.61 Å². The summed E-state index contributed by atoms with van der Waals surface area (Å²) in [5.41, 5.74) is 1.73. The number of ether oxygens (including phenoxy) is 1. The number of esters is 1. The van der Waals surface area contributed by atoms with Gasteiger partial charge in [-0.15, -0.1) is 11.3 Å². The van der Waals surface area contributed by atoms with Gasteiger partial charge in [0, 0.05) is 15.5 Å². The highest BCUT2D eigenvalue weighted by molar-refractivity contribution is 9.10. The smallest absolute Gasteiger partial charge is 0.315 e. The highest BCUT2D eigenvalue weighted by Crippen LogP contribution is 2.39. The lowest BCUT2D eigenvalue weighted by atomic mass is 10.1. The molecule has 4 nitrogen and oxygen atoms in total. The highest BCUT2D eigenvalue weighted by atomic mass is 79.9. The molecule has 0 saturated heterocycles. The average molecular weight is 353 g/mol. The zero-order valence-electron chi connectivity index (χ0n) is 10.9. The Morgan fingerprint density at radius 2 is 2.40 bits per heavy atom. The summed E-state index contributed by atoms with van der Waals surface area (Å²) in [6.07, 6.45) is 3.46. The third-order valence-corrected chi connectivity index (χ3v) is 4.86. The van der Waals surface area contributed by atoms with E-state index >= 15 is 0 Å². The Balaban J connectivity index is 1.90. The van der Waals surface area contributed by atoms with Crippen molar-refractivity contribution in [3.05, 3.63) is 33.4 Å². The maximum atomic E-state index is 11.9. The molecule has 0 aromatic carbocycles. The summed E-state index contributed by atoms with van der Waals surface area (Å²) in [7, 11) is 0. The molecule has 6 heteroatoms. The molecule has 2 aromatic rings. The molecule has 1 aliphatic carbocycles. The normalized spacial score (nSPS) is 17.0. The SMILES string of the molecule is CCOC(=O)C1CCc2sc(-c3ccc(Br)cn3)nc21. The van der Waals surface area contributed by atoms with E-state index in [9.17, 15) is 4.79 Å². The summed E-state index contributed by atoms with van der Waals surface area (Å²) in [5, 5.41) is 0.872. The number of halogens is 1. The third-order valence-electron chi connectivity index (χ3n) is 3.24. The van der Waals surface area contributed by atoms with E-state index in [-0.39, 0.29) is 11.9 Å². The number of nitrogens with zero attached hydrogens (tertiary/aromatic N) is 2. The molecule has 0 aliphatic heterocycles. The Bertz CT molecular complexity index is 639. The number of hydrogen-bond acceptors (Lipinski definition) is 5. The van der Waals surface area contributed by atoms with Crippen LogP contribution < -0.4 is 0 Å². The molecule has 3 rings (SSSR count). The van der Waals surface area contributed by atoms with Gasteiger partial charge in [0.25, 0.3) is 0 Å². The molecule has 0 fully saturated rings. The van der Waals surface area contributed by atoms with E-state index in [4.69, 9.17) is 4.74 Å². The topological polar surface area (TPSA) is 52.1 Å². The zero-order chi connectivity index (χ0) is 14.1. The first-order chi connectivity index (χ1) is 9.69. The fraction of sp³-hybridized carbons (Fsp3) is 0.357. The van der Waals surface area contributed by atoms with E-state index in [0.717, 1.165) is 33.7 Å². The lowest BCUT2D eigenvalue weighted by Crippen LogP contribution is -2.14. The summed E-state index contributed by atoms with van der Waals surface area (Å²) < 4.78 is 6.06. The second-order valence-electron chi connectivity index (χ2n) is 4.53. The van der Waals surface area contributed by atoms with E-state index in [1.54, 1.807) is 17.5 Å². The molecule has 0 spiro atoms. The summed E-state index contributed by atoms with van der Waals surface area (Å²) >= 11 is 4.99. The standard InChI is InChI=1S/C14H13BrN2O2S/c1-2-19-14(18)9-4-6-11-12(9)17-13(20-11)10-5-3-8(15)7-16-10/h3,5,7,9H,2,4,6H2,1H3. The van der Waals surface area contributed by atoms with E-state index < -0.39 is 0 Å². The summed E-state index contributed by atoms with van der Waals surface area (Å²) in [4.78, 5) is 22.1. The van der Waals surface area contributed by atoms with Crippen molar-refractivity contribution in [3.63, 3.8) is 0 Å². The van der Waals surface area contributed by atoms with Crippen molar-refractivity contribution >= 4 is 33.2 Å². The fourth-order valence-electron chi connectivity index (χ4n) is 2.31. The van der Waals surface area contributed by atoms with Crippen molar-refractivity contribution in [3.8, 4) is 10.7 Å². The van der Waals surface area contributed by atoms with Crippen molar-refractivity contribution in [1.82, 2.24) is 9.97 Å². The number of fused-ring (bicyclic) bond motifs is 1. The number of thiazole rings is 1. The van der Waals surface area contributed by atoms with Gasteiger partial charge in [0.05, 0.1) is 18.0 Å². The molecule has 2 aromatic heterocycles. The first-order valence-corrected chi connectivity index (χ1v) is 8.08. The van der Waals surface area contributed by atoms with Crippen LogP contribution in [0.3, 0.4) is 0 Å². The number of aryl methyl sites for hydroxylation is 1. The molecule has 0 bridgehead atoms. The Morgan fingerprint density at radius 3 is 3.10 bits per heavy atom. The second kappa shape index (κ2) is 5.61. The van der Waals surface area contributed by atoms with Gasteiger partial charge in [-0.3, -0.25) is 9.78 Å². The molecule has 20 heavy (non-hydrogen) atoms. The van der Waals surface area contributed by atoms with Crippen molar-refractivity contribution in [1.29, 1.82) is 0 Å². The molecule has 0 radical (unpaired) electrons. The van der Waals surface area contributed by atoms with Crippen molar-refractivity contribution < 1.29 is 9.53 Å². The molecule has 0 saturated carbocycles. The first kappa shape index (κ1) is 13.7. The van der Waals surface area contributed by atoms with Crippen LogP contribution in [0.5, 0.6) is 0 Å². The molecule has 104 valence electrons. The van der Waals surface area contributed by atoms with Gasteiger partial charge in [-0.2, -0.15) is 0 Å². The predicted octanol–water partition coefficient (Wildman–Crippen LogP) is 3.56. The molecule has 0 N–H and O–H groups in total. The van der Waals surface area contributed by atoms with E-state index in [1.165, 1.54) is 4.88 Å². The molecular formula is C14H13BrN2O2S. The monoisotopic (exact) mass is 352 g/mol. The van der Waals surface area contributed by atoms with Gasteiger partial charge in [-0.25, -0.2) is 4.98 Å². The van der Waals surface area contributed by atoms with Crippen LogP contribution in [-0.2, 0) is 16.0 Å². The van der Waals surface area contributed by atoms with Crippen molar-refractivity contribution in [2.45, 2.75) is 25.7 Å². The Labute approximate surface area is 129 Å². The zero-order valence-corrected chi connectivity index (χ0v) is 13.3. The van der Waals surface area contributed by atoms with Crippen LogP contribution in [-0.4, -0.2) is 22.5 Å². The molecule has 1 aliphatic rings. The number of carbonyl (C=O) groups is 1. The van der Waals surface area contributed by atoms with Crippen LogP contribution in [0.15, 0.2) is 22.8 Å². The Kier molecular flexibility index (Phi) is 3.85. The molecule has 2 heterocycles. The maximum Gasteiger partial charge on any atom is 0.315 e. The quantitative estimate of drug-likeness (QED) is 0.792. The van der Waals surface area contributed by atoms with Crippen LogP contribution in [0.4, 0.5) is 0 Å². The Hall–Kier alpha value is -1.27. The second-order valence-corrected chi connectivity index (χ2v) is 6.53. The number of carbonyl (C=O) groups excluding carboxylic acids is 1. The van der Waals surface area contributed by atoms with Crippen LogP contribution in [0.1, 0.15) is 29.8 Å². The van der Waals surface area contributed by atoms with E-state index in [2.05, 4.69) is 25.9 Å². The van der Waals surface area contributed by atoms with Gasteiger partial charge >= 0.3 is 5.97 Å². The third kappa shape index (κ3) is 2.50. The minimum Gasteiger partial charge on any atom is -0.465 e. The largest absolute Gasteiger partial charge is 0.465 e. The summed E-state index contributed by atoms with van der Waals surface area (Å²) in [6, 6.07) is 3.87. The van der Waals surface area contributed by atoms with Gasteiger partial charge in [-0.1, -0.05) is 0 Å². The molecule has 1 unspecified atom stereocenters. The van der Waals surface area contributed by atoms with Crippen LogP contribution in [0, 0.1) is 0 Å². The van der Waals surface area contributed by atoms with Crippen LogP contribution in [0.25, 0.3) is 10.7 Å². The van der Waals surface area contributed by atoms with E-state index in [1.807, 2.05) is 19.1 Å². The van der Waals surface area contributed by atoms with Crippen molar-refractivity contribution in [2.75, 3.05) is 6.61 Å². The van der Waals surface area contributed by atoms with Gasteiger partial charge in [-0.05, 0) is 47.8 Å². The van der Waals surface area contributed by atoms with Gasteiger partial charge < -0.3 is 4.74 Å². The molecular weight excluding hydrogens is 340 g/mol. The predicted molar refractivity (Wildman–Crippen MR) is 80.7 cm³/mol. The minimum atomic E-state index is -0.203. The molecule has 1 atom stereocenters. The molecule has 0 amide bonds. The average Bonchev–Trinajstić information content (AvgIpc) is 2.99. The lowest BCUT2D eigenvalue weighted by molar-refractivity contribution is -0.145. The Morgan fingerprint density at radius 1 is 1.55 bits per heavy atom. The fourth-order valence-corrected chi connectivity index (χ4v) is 3.66. The van der Waals surface area contributed by atoms with Crippen molar-refractivity contribution in [2.24, 2.45) is 0 Å². The van der Waals surface area contributed by atoms with Gasteiger partial charge in [0.15, 0.2) is 0 Å². The maximum absolute atomic E-state index is 11.9. The highest BCUT2D eigenvalue weighted by Gasteiger charge is 2.33. The van der Waals surface area contributed by atoms with Crippen LogP contribution in [0.2, 0.25) is 0 Å². The number of aromatic nitrogens is 2. The summed E-state index contributed by atoms with van der Waals surface area (Å²) in [5.74, 6) is -0.364. The lowest BCUT2D eigenvalue weighted by Gasteiger charge is -2.07. The number of rotatable bonds is 3. The number of hydrogen-bond donors (Lipinski definition) is 0.